The molecule has 0 bridgehead atoms. The zero-order valence-corrected chi connectivity index (χ0v) is 22.4. The number of aliphatic imine (C=N–C) groups is 1. The SMILES string of the molecule is NC(N)=NCCCC(NC(=O)C(c1ccc(Cl)cc1)c1ccc(Cl)cc1)C(=O)N[C@H]1CCc2ccccc21. The predicted molar refractivity (Wildman–Crippen MR) is 152 cm³/mol. The average Bonchev–Trinajstić information content (AvgIpc) is 3.30. The second-order valence-electron chi connectivity index (χ2n) is 9.34. The van der Waals surface area contributed by atoms with Crippen molar-refractivity contribution in [2.24, 2.45) is 16.5 Å². The Bertz CT molecular complexity index is 1250. The molecule has 0 radical (unpaired) electrons. The van der Waals surface area contributed by atoms with Crippen LogP contribution in [0.2, 0.25) is 10.0 Å². The summed E-state index contributed by atoms with van der Waals surface area (Å²) in [6, 6.07) is 21.4. The lowest BCUT2D eigenvalue weighted by Gasteiger charge is -2.25. The number of nitrogens with zero attached hydrogens (tertiary/aromatic N) is 1. The van der Waals surface area contributed by atoms with Gasteiger partial charge in [0.25, 0.3) is 0 Å². The van der Waals surface area contributed by atoms with Crippen LogP contribution in [0.5, 0.6) is 0 Å². The Hall–Kier alpha value is -3.55. The summed E-state index contributed by atoms with van der Waals surface area (Å²) in [7, 11) is 0. The molecule has 3 aromatic carbocycles. The number of aryl methyl sites for hydroxylation is 1. The van der Waals surface area contributed by atoms with Gasteiger partial charge in [0.15, 0.2) is 5.96 Å². The third kappa shape index (κ3) is 7.05. The van der Waals surface area contributed by atoms with Crippen LogP contribution in [0.15, 0.2) is 77.8 Å². The number of amides is 2. The van der Waals surface area contributed by atoms with Crippen molar-refractivity contribution in [1.82, 2.24) is 10.6 Å². The molecule has 0 saturated carbocycles. The number of hydrogen-bond donors (Lipinski definition) is 4. The monoisotopic (exact) mass is 551 g/mol. The number of carbonyl (C=O) groups excluding carboxylic acids is 2. The fourth-order valence-corrected chi connectivity index (χ4v) is 5.06. The average molecular weight is 553 g/mol. The Morgan fingerprint density at radius 3 is 2.11 bits per heavy atom. The van der Waals surface area contributed by atoms with Crippen LogP contribution < -0.4 is 22.1 Å². The summed E-state index contributed by atoms with van der Waals surface area (Å²) in [6.07, 6.45) is 2.61. The van der Waals surface area contributed by atoms with Crippen LogP contribution in [0.4, 0.5) is 0 Å². The number of nitrogens with two attached hydrogens (primary N) is 2. The van der Waals surface area contributed by atoms with Crippen LogP contribution in [0.25, 0.3) is 0 Å². The fourth-order valence-electron chi connectivity index (χ4n) is 4.81. The Kier molecular flexibility index (Phi) is 9.26. The van der Waals surface area contributed by atoms with E-state index >= 15 is 0 Å². The van der Waals surface area contributed by atoms with E-state index in [2.05, 4.69) is 21.7 Å². The molecular formula is C29H31Cl2N5O2. The Morgan fingerprint density at radius 2 is 1.50 bits per heavy atom. The Labute approximate surface area is 232 Å². The third-order valence-corrected chi connectivity index (χ3v) is 7.20. The molecule has 0 aromatic heterocycles. The van der Waals surface area contributed by atoms with Gasteiger partial charge < -0.3 is 22.1 Å². The van der Waals surface area contributed by atoms with Crippen LogP contribution in [-0.2, 0) is 16.0 Å². The maximum Gasteiger partial charge on any atom is 0.243 e. The van der Waals surface area contributed by atoms with Gasteiger partial charge >= 0.3 is 0 Å². The number of guanidine groups is 1. The molecule has 1 aliphatic carbocycles. The number of carbonyl (C=O) groups is 2. The van der Waals surface area contributed by atoms with Gasteiger partial charge in [0.2, 0.25) is 11.8 Å². The Balaban J connectivity index is 1.56. The van der Waals surface area contributed by atoms with E-state index < -0.39 is 12.0 Å². The van der Waals surface area contributed by atoms with Crippen molar-refractivity contribution >= 4 is 41.0 Å². The minimum absolute atomic E-state index is 0.0110. The molecule has 38 heavy (non-hydrogen) atoms. The summed E-state index contributed by atoms with van der Waals surface area (Å²) in [6.45, 7) is 0.353. The normalized spacial score (nSPS) is 15.0. The molecular weight excluding hydrogens is 521 g/mol. The van der Waals surface area contributed by atoms with Gasteiger partial charge in [-0.3, -0.25) is 14.6 Å². The second kappa shape index (κ2) is 12.8. The third-order valence-electron chi connectivity index (χ3n) is 6.70. The molecule has 3 aromatic rings. The van der Waals surface area contributed by atoms with Crippen LogP contribution in [-0.4, -0.2) is 30.4 Å². The van der Waals surface area contributed by atoms with E-state index in [0.717, 1.165) is 29.5 Å². The quantitative estimate of drug-likeness (QED) is 0.168. The molecule has 6 N–H and O–H groups in total. The first kappa shape index (κ1) is 27.5. The molecule has 2 atom stereocenters. The molecule has 0 heterocycles. The molecule has 198 valence electrons. The number of benzene rings is 3. The van der Waals surface area contributed by atoms with Gasteiger partial charge in [-0.25, -0.2) is 0 Å². The van der Waals surface area contributed by atoms with Gasteiger partial charge in [-0.1, -0.05) is 71.7 Å². The summed E-state index contributed by atoms with van der Waals surface area (Å²) in [5.74, 6) is -1.22. The molecule has 0 spiro atoms. The first-order chi connectivity index (χ1) is 18.3. The smallest absolute Gasteiger partial charge is 0.243 e. The number of halogens is 2. The van der Waals surface area contributed by atoms with E-state index in [1.807, 2.05) is 42.5 Å². The summed E-state index contributed by atoms with van der Waals surface area (Å²) < 4.78 is 0. The summed E-state index contributed by atoms with van der Waals surface area (Å²) in [5, 5.41) is 7.29. The molecule has 2 amide bonds. The van der Waals surface area contributed by atoms with E-state index in [1.54, 1.807) is 24.3 Å². The van der Waals surface area contributed by atoms with Crippen molar-refractivity contribution in [1.29, 1.82) is 0 Å². The maximum absolute atomic E-state index is 13.8. The second-order valence-corrected chi connectivity index (χ2v) is 10.2. The molecule has 9 heteroatoms. The lowest BCUT2D eigenvalue weighted by Crippen LogP contribution is -2.49. The highest BCUT2D eigenvalue weighted by atomic mass is 35.5. The molecule has 0 saturated heterocycles. The summed E-state index contributed by atoms with van der Waals surface area (Å²) >= 11 is 12.2. The predicted octanol–water partition coefficient (Wildman–Crippen LogP) is 4.47. The molecule has 1 unspecified atom stereocenters. The highest BCUT2D eigenvalue weighted by molar-refractivity contribution is 6.30. The van der Waals surface area contributed by atoms with Gasteiger partial charge in [-0.15, -0.1) is 0 Å². The first-order valence-electron chi connectivity index (χ1n) is 12.6. The van der Waals surface area contributed by atoms with Crippen LogP contribution in [0.3, 0.4) is 0 Å². The van der Waals surface area contributed by atoms with E-state index in [1.165, 1.54) is 5.56 Å². The number of hydrogen-bond acceptors (Lipinski definition) is 3. The van der Waals surface area contributed by atoms with Crippen LogP contribution >= 0.6 is 23.2 Å². The zero-order chi connectivity index (χ0) is 27.1. The topological polar surface area (TPSA) is 123 Å². The van der Waals surface area contributed by atoms with Crippen molar-refractivity contribution < 1.29 is 9.59 Å². The van der Waals surface area contributed by atoms with Gasteiger partial charge in [-0.2, -0.15) is 0 Å². The molecule has 7 nitrogen and oxygen atoms in total. The summed E-state index contributed by atoms with van der Waals surface area (Å²) in [4.78, 5) is 31.3. The molecule has 0 fully saturated rings. The minimum Gasteiger partial charge on any atom is -0.370 e. The van der Waals surface area contributed by atoms with Gasteiger partial charge in [0.1, 0.15) is 6.04 Å². The largest absolute Gasteiger partial charge is 0.370 e. The number of rotatable bonds is 10. The highest BCUT2D eigenvalue weighted by Crippen LogP contribution is 2.31. The standard InChI is InChI=1S/C29H31Cl2N5O2/c30-21-12-7-19(8-13-21)26(20-9-14-22(31)15-10-20)28(38)36-25(6-3-17-34-29(32)33)27(37)35-24-16-11-18-4-1-2-5-23(18)24/h1-2,4-5,7-10,12-15,24-26H,3,6,11,16-17H2,(H,35,37)(H,36,38)(H4,32,33,34)/t24-,25?/m0/s1. The first-order valence-corrected chi connectivity index (χ1v) is 13.3. The van der Waals surface area contributed by atoms with Crippen molar-refractivity contribution in [3.63, 3.8) is 0 Å². The van der Waals surface area contributed by atoms with Crippen molar-refractivity contribution in [3.05, 3.63) is 105 Å². The fraction of sp³-hybridized carbons (Fsp3) is 0.276. The van der Waals surface area contributed by atoms with Gasteiger partial charge in [-0.05, 0) is 72.2 Å². The van der Waals surface area contributed by atoms with Crippen molar-refractivity contribution in [2.75, 3.05) is 6.54 Å². The Morgan fingerprint density at radius 1 is 0.895 bits per heavy atom. The van der Waals surface area contributed by atoms with E-state index in [9.17, 15) is 9.59 Å². The highest BCUT2D eigenvalue weighted by Gasteiger charge is 2.30. The van der Waals surface area contributed by atoms with Gasteiger partial charge in [0.05, 0.1) is 12.0 Å². The van der Waals surface area contributed by atoms with E-state index in [0.29, 0.717) is 29.4 Å². The van der Waals surface area contributed by atoms with Crippen LogP contribution in [0, 0.1) is 0 Å². The van der Waals surface area contributed by atoms with E-state index in [-0.39, 0.29) is 23.8 Å². The number of fused-ring (bicyclic) bond motifs is 1. The molecule has 1 aliphatic rings. The summed E-state index contributed by atoms with van der Waals surface area (Å²) in [5.41, 5.74) is 14.8. The molecule has 0 aliphatic heterocycles. The van der Waals surface area contributed by atoms with Crippen molar-refractivity contribution in [2.45, 2.75) is 43.7 Å². The maximum atomic E-state index is 13.8. The minimum atomic E-state index is -0.772. The van der Waals surface area contributed by atoms with E-state index in [4.69, 9.17) is 34.7 Å². The van der Waals surface area contributed by atoms with Crippen LogP contribution in [0.1, 0.15) is 53.5 Å². The number of nitrogens with one attached hydrogen (secondary N) is 2. The molecule has 4 rings (SSSR count). The van der Waals surface area contributed by atoms with Crippen molar-refractivity contribution in [3.8, 4) is 0 Å². The van der Waals surface area contributed by atoms with Gasteiger partial charge in [0, 0.05) is 16.6 Å². The zero-order valence-electron chi connectivity index (χ0n) is 20.9. The lowest BCUT2D eigenvalue weighted by atomic mass is 9.90. The lowest BCUT2D eigenvalue weighted by molar-refractivity contribution is -0.130.